The standard InChI is InChI=1S/C15H21Br2NO/c1-3-15(10-16,11-17)18-14(19)9-8-13-7-5-4-6-12(13)2/h4-7H,3,8-11H2,1-2H3,(H,18,19). The molecule has 0 aliphatic heterocycles. The fraction of sp³-hybridized carbons (Fsp3) is 0.533. The van der Waals surface area contributed by atoms with Crippen molar-refractivity contribution < 1.29 is 4.79 Å². The lowest BCUT2D eigenvalue weighted by atomic mass is 10.0. The van der Waals surface area contributed by atoms with Crippen LogP contribution in [-0.2, 0) is 11.2 Å². The topological polar surface area (TPSA) is 29.1 Å². The van der Waals surface area contributed by atoms with E-state index < -0.39 is 0 Å². The maximum atomic E-state index is 12.1. The smallest absolute Gasteiger partial charge is 0.220 e. The second kappa shape index (κ2) is 8.05. The highest BCUT2D eigenvalue weighted by Gasteiger charge is 2.27. The zero-order chi connectivity index (χ0) is 14.3. The molecule has 0 saturated heterocycles. The van der Waals surface area contributed by atoms with Crippen LogP contribution in [0.4, 0.5) is 0 Å². The number of benzene rings is 1. The maximum Gasteiger partial charge on any atom is 0.220 e. The molecule has 0 spiro atoms. The number of rotatable bonds is 7. The number of halogens is 2. The van der Waals surface area contributed by atoms with Crippen molar-refractivity contribution in [1.29, 1.82) is 0 Å². The Balaban J connectivity index is 2.54. The van der Waals surface area contributed by atoms with Gasteiger partial charge in [0.05, 0.1) is 5.54 Å². The van der Waals surface area contributed by atoms with E-state index in [2.05, 4.69) is 63.2 Å². The zero-order valence-electron chi connectivity index (χ0n) is 11.5. The van der Waals surface area contributed by atoms with Crippen LogP contribution in [0, 0.1) is 6.92 Å². The molecule has 1 amide bonds. The van der Waals surface area contributed by atoms with E-state index in [1.165, 1.54) is 11.1 Å². The van der Waals surface area contributed by atoms with Gasteiger partial charge in [-0.25, -0.2) is 0 Å². The molecule has 1 N–H and O–H groups in total. The van der Waals surface area contributed by atoms with E-state index in [0.717, 1.165) is 23.5 Å². The van der Waals surface area contributed by atoms with Gasteiger partial charge < -0.3 is 5.32 Å². The van der Waals surface area contributed by atoms with Crippen molar-refractivity contribution >= 4 is 37.8 Å². The summed E-state index contributed by atoms with van der Waals surface area (Å²) in [6, 6.07) is 8.22. The molecular formula is C15H21Br2NO. The average molecular weight is 391 g/mol. The molecule has 0 saturated carbocycles. The maximum absolute atomic E-state index is 12.1. The highest BCUT2D eigenvalue weighted by molar-refractivity contribution is 9.09. The van der Waals surface area contributed by atoms with Gasteiger partial charge in [-0.1, -0.05) is 63.0 Å². The molecule has 0 unspecified atom stereocenters. The SMILES string of the molecule is CCC(CBr)(CBr)NC(=O)CCc1ccccc1C. The number of aryl methyl sites for hydroxylation is 2. The van der Waals surface area contributed by atoms with Crippen molar-refractivity contribution in [2.24, 2.45) is 0 Å². The van der Waals surface area contributed by atoms with Crippen LogP contribution in [-0.4, -0.2) is 22.1 Å². The molecule has 106 valence electrons. The number of alkyl halides is 2. The second-order valence-corrected chi connectivity index (χ2v) is 6.00. The summed E-state index contributed by atoms with van der Waals surface area (Å²) in [7, 11) is 0. The monoisotopic (exact) mass is 389 g/mol. The lowest BCUT2D eigenvalue weighted by Crippen LogP contribution is -2.51. The summed E-state index contributed by atoms with van der Waals surface area (Å²) >= 11 is 6.97. The molecule has 0 aliphatic rings. The Kier molecular flexibility index (Phi) is 7.08. The molecule has 0 heterocycles. The lowest BCUT2D eigenvalue weighted by molar-refractivity contribution is -0.122. The molecule has 0 aliphatic carbocycles. The van der Waals surface area contributed by atoms with Crippen molar-refractivity contribution in [3.63, 3.8) is 0 Å². The van der Waals surface area contributed by atoms with Crippen LogP contribution in [0.3, 0.4) is 0 Å². The molecule has 0 fully saturated rings. The number of hydrogen-bond donors (Lipinski definition) is 1. The molecule has 1 rings (SSSR count). The first kappa shape index (κ1) is 16.7. The summed E-state index contributed by atoms with van der Waals surface area (Å²) in [5.74, 6) is 0.115. The second-order valence-electron chi connectivity index (χ2n) is 4.88. The average Bonchev–Trinajstić information content (AvgIpc) is 2.44. The molecule has 1 aromatic carbocycles. The van der Waals surface area contributed by atoms with Gasteiger partial charge in [0.15, 0.2) is 0 Å². The molecular weight excluding hydrogens is 370 g/mol. The summed E-state index contributed by atoms with van der Waals surface area (Å²) in [5.41, 5.74) is 2.32. The third-order valence-electron chi connectivity index (χ3n) is 3.48. The van der Waals surface area contributed by atoms with Crippen LogP contribution < -0.4 is 5.32 Å². The highest BCUT2D eigenvalue weighted by atomic mass is 79.9. The molecule has 1 aromatic rings. The Morgan fingerprint density at radius 2 is 1.89 bits per heavy atom. The van der Waals surface area contributed by atoms with E-state index in [4.69, 9.17) is 0 Å². The Morgan fingerprint density at radius 1 is 1.26 bits per heavy atom. The van der Waals surface area contributed by atoms with Crippen molar-refractivity contribution in [1.82, 2.24) is 5.32 Å². The lowest BCUT2D eigenvalue weighted by Gasteiger charge is -2.30. The summed E-state index contributed by atoms with van der Waals surface area (Å²) in [6.07, 6.45) is 2.23. The van der Waals surface area contributed by atoms with Gasteiger partial charge in [-0.3, -0.25) is 4.79 Å². The molecule has 0 bridgehead atoms. The third-order valence-corrected chi connectivity index (χ3v) is 5.62. The van der Waals surface area contributed by atoms with Gasteiger partial charge in [0.2, 0.25) is 5.91 Å². The van der Waals surface area contributed by atoms with Crippen molar-refractivity contribution in [2.45, 2.75) is 38.6 Å². The number of nitrogens with one attached hydrogen (secondary N) is 1. The van der Waals surface area contributed by atoms with E-state index in [-0.39, 0.29) is 11.4 Å². The quantitative estimate of drug-likeness (QED) is 0.701. The van der Waals surface area contributed by atoms with Gasteiger partial charge in [-0.05, 0) is 30.9 Å². The summed E-state index contributed by atoms with van der Waals surface area (Å²) in [4.78, 5) is 12.1. The number of hydrogen-bond acceptors (Lipinski definition) is 1. The molecule has 0 aromatic heterocycles. The Labute approximate surface area is 132 Å². The summed E-state index contributed by atoms with van der Waals surface area (Å²) in [6.45, 7) is 4.17. The van der Waals surface area contributed by atoms with Crippen LogP contribution in [0.2, 0.25) is 0 Å². The first-order valence-corrected chi connectivity index (χ1v) is 8.78. The molecule has 2 nitrogen and oxygen atoms in total. The van der Waals surface area contributed by atoms with Gasteiger partial charge in [0.25, 0.3) is 0 Å². The van der Waals surface area contributed by atoms with Crippen molar-refractivity contribution in [2.75, 3.05) is 10.7 Å². The van der Waals surface area contributed by atoms with Crippen molar-refractivity contribution in [3.05, 3.63) is 35.4 Å². The fourth-order valence-electron chi connectivity index (χ4n) is 1.88. The van der Waals surface area contributed by atoms with Gasteiger partial charge in [0, 0.05) is 17.1 Å². The van der Waals surface area contributed by atoms with Gasteiger partial charge in [0.1, 0.15) is 0 Å². The van der Waals surface area contributed by atoms with Crippen LogP contribution >= 0.6 is 31.9 Å². The summed E-state index contributed by atoms with van der Waals surface area (Å²) < 4.78 is 0. The number of amides is 1. The van der Waals surface area contributed by atoms with Crippen molar-refractivity contribution in [3.8, 4) is 0 Å². The number of carbonyl (C=O) groups is 1. The van der Waals surface area contributed by atoms with E-state index in [1.807, 2.05) is 12.1 Å². The van der Waals surface area contributed by atoms with E-state index in [9.17, 15) is 4.79 Å². The number of carbonyl (C=O) groups excluding carboxylic acids is 1. The third kappa shape index (κ3) is 4.92. The van der Waals surface area contributed by atoms with Crippen LogP contribution in [0.1, 0.15) is 30.9 Å². The van der Waals surface area contributed by atoms with Crippen LogP contribution in [0.15, 0.2) is 24.3 Å². The van der Waals surface area contributed by atoms with Gasteiger partial charge >= 0.3 is 0 Å². The normalized spacial score (nSPS) is 11.4. The van der Waals surface area contributed by atoms with Crippen LogP contribution in [0.5, 0.6) is 0 Å². The van der Waals surface area contributed by atoms with Gasteiger partial charge in [-0.2, -0.15) is 0 Å². The minimum absolute atomic E-state index is 0.115. The molecule has 19 heavy (non-hydrogen) atoms. The Hall–Kier alpha value is -0.350. The zero-order valence-corrected chi connectivity index (χ0v) is 14.7. The van der Waals surface area contributed by atoms with E-state index in [1.54, 1.807) is 0 Å². The van der Waals surface area contributed by atoms with Gasteiger partial charge in [-0.15, -0.1) is 0 Å². The minimum atomic E-state index is -0.178. The Morgan fingerprint density at radius 3 is 2.42 bits per heavy atom. The summed E-state index contributed by atoms with van der Waals surface area (Å²) in [5, 5.41) is 4.66. The highest BCUT2D eigenvalue weighted by Crippen LogP contribution is 2.17. The van der Waals surface area contributed by atoms with Crippen LogP contribution in [0.25, 0.3) is 0 Å². The predicted octanol–water partition coefficient (Wildman–Crippen LogP) is 3.98. The van der Waals surface area contributed by atoms with E-state index >= 15 is 0 Å². The van der Waals surface area contributed by atoms with E-state index in [0.29, 0.717) is 6.42 Å². The molecule has 0 radical (unpaired) electrons. The first-order chi connectivity index (χ1) is 9.06. The molecule has 0 atom stereocenters. The minimum Gasteiger partial charge on any atom is -0.349 e. The first-order valence-electron chi connectivity index (χ1n) is 6.54. The largest absolute Gasteiger partial charge is 0.349 e. The predicted molar refractivity (Wildman–Crippen MR) is 88.3 cm³/mol. The fourth-order valence-corrected chi connectivity index (χ4v) is 3.88. The molecule has 4 heteroatoms. The Bertz CT molecular complexity index is 408.